The summed E-state index contributed by atoms with van der Waals surface area (Å²) in [6.45, 7) is 0.776. The van der Waals surface area contributed by atoms with Crippen LogP contribution in [-0.4, -0.2) is 39.9 Å². The number of nitrogens with one attached hydrogen (secondary N) is 3. The zero-order valence-electron chi connectivity index (χ0n) is 16.1. The largest absolute Gasteiger partial charge is 0.393 e. The Hall–Kier alpha value is -2.74. The molecule has 0 unspecified atom stereocenters. The number of carbonyl (C=O) groups excluding carboxylic acids is 1. The molecule has 1 aromatic heterocycles. The predicted molar refractivity (Wildman–Crippen MR) is 107 cm³/mol. The molecule has 4 rings (SSSR count). The summed E-state index contributed by atoms with van der Waals surface area (Å²) in [5.41, 5.74) is 2.67. The van der Waals surface area contributed by atoms with Gasteiger partial charge >= 0.3 is 0 Å². The summed E-state index contributed by atoms with van der Waals surface area (Å²) in [5.74, 6) is -1.02. The van der Waals surface area contributed by atoms with Gasteiger partial charge in [0.1, 0.15) is 5.82 Å². The van der Waals surface area contributed by atoms with Crippen molar-refractivity contribution in [2.24, 2.45) is 0 Å². The predicted octanol–water partition coefficient (Wildman–Crippen LogP) is 1.89. The van der Waals surface area contributed by atoms with E-state index in [2.05, 4.69) is 20.8 Å². The Labute approximate surface area is 167 Å². The molecule has 4 N–H and O–H groups in total. The summed E-state index contributed by atoms with van der Waals surface area (Å²) >= 11 is 0. The van der Waals surface area contributed by atoms with Gasteiger partial charge in [-0.2, -0.15) is 5.10 Å². The Balaban J connectivity index is 1.53. The number of anilines is 1. The van der Waals surface area contributed by atoms with Gasteiger partial charge in [0.15, 0.2) is 0 Å². The van der Waals surface area contributed by atoms with E-state index in [1.165, 1.54) is 6.07 Å². The molecular formula is C21H25FN4O3. The van der Waals surface area contributed by atoms with E-state index in [9.17, 15) is 19.1 Å². The second kappa shape index (κ2) is 8.32. The highest BCUT2D eigenvalue weighted by atomic mass is 19.1. The first kappa shape index (κ1) is 19.6. The third-order valence-corrected chi connectivity index (χ3v) is 5.74. The van der Waals surface area contributed by atoms with Gasteiger partial charge in [0.05, 0.1) is 23.0 Å². The molecule has 0 radical (unpaired) electrons. The van der Waals surface area contributed by atoms with Crippen LogP contribution in [0.25, 0.3) is 0 Å². The summed E-state index contributed by atoms with van der Waals surface area (Å²) in [5, 5.41) is 22.4. The van der Waals surface area contributed by atoms with Crippen molar-refractivity contribution in [2.75, 3.05) is 11.9 Å². The number of aliphatic hydroxyl groups is 1. The Morgan fingerprint density at radius 1 is 1.28 bits per heavy atom. The Morgan fingerprint density at radius 3 is 2.86 bits per heavy atom. The molecule has 7 nitrogen and oxygen atoms in total. The molecule has 0 spiro atoms. The van der Waals surface area contributed by atoms with Crippen LogP contribution < -0.4 is 16.2 Å². The second-order valence-corrected chi connectivity index (χ2v) is 7.85. The van der Waals surface area contributed by atoms with Gasteiger partial charge in [-0.05, 0) is 56.2 Å². The van der Waals surface area contributed by atoms with E-state index < -0.39 is 11.7 Å². The lowest BCUT2D eigenvalue weighted by molar-refractivity contribution is 0.0864. The number of rotatable bonds is 4. The van der Waals surface area contributed by atoms with Crippen LogP contribution >= 0.6 is 0 Å². The number of nitrogens with zero attached hydrogens (tertiary/aromatic N) is 1. The molecule has 1 aliphatic heterocycles. The highest BCUT2D eigenvalue weighted by Crippen LogP contribution is 2.24. The van der Waals surface area contributed by atoms with Crippen molar-refractivity contribution in [3.8, 4) is 0 Å². The fraction of sp³-hybridized carbons (Fsp3) is 0.476. The van der Waals surface area contributed by atoms with Crippen molar-refractivity contribution in [1.29, 1.82) is 0 Å². The summed E-state index contributed by atoms with van der Waals surface area (Å²) < 4.78 is 14.3. The summed E-state index contributed by atoms with van der Waals surface area (Å²) in [7, 11) is 0. The maximum Gasteiger partial charge on any atom is 0.269 e. The van der Waals surface area contributed by atoms with E-state index in [1.54, 1.807) is 12.1 Å². The number of aromatic amines is 1. The molecule has 8 heteroatoms. The molecule has 29 heavy (non-hydrogen) atoms. The van der Waals surface area contributed by atoms with Gasteiger partial charge < -0.3 is 15.7 Å². The molecule has 0 bridgehead atoms. The van der Waals surface area contributed by atoms with Crippen molar-refractivity contribution >= 4 is 11.6 Å². The maximum atomic E-state index is 14.3. The number of fused-ring (bicyclic) bond motifs is 1. The van der Waals surface area contributed by atoms with E-state index in [0.29, 0.717) is 49.8 Å². The van der Waals surface area contributed by atoms with Crippen molar-refractivity contribution < 1.29 is 14.3 Å². The van der Waals surface area contributed by atoms with Crippen molar-refractivity contribution in [1.82, 2.24) is 15.5 Å². The first-order chi connectivity index (χ1) is 14.0. The van der Waals surface area contributed by atoms with Crippen LogP contribution in [0.4, 0.5) is 10.1 Å². The third kappa shape index (κ3) is 4.32. The molecule has 0 atom stereocenters. The number of hydrogen-bond donors (Lipinski definition) is 4. The number of benzene rings is 1. The molecule has 2 aliphatic rings. The van der Waals surface area contributed by atoms with E-state index in [4.69, 9.17) is 0 Å². The number of amides is 1. The lowest BCUT2D eigenvalue weighted by Crippen LogP contribution is -2.38. The van der Waals surface area contributed by atoms with Crippen molar-refractivity contribution in [3.63, 3.8) is 0 Å². The molecule has 154 valence electrons. The Kier molecular flexibility index (Phi) is 5.62. The van der Waals surface area contributed by atoms with Crippen molar-refractivity contribution in [3.05, 3.63) is 56.8 Å². The van der Waals surface area contributed by atoms with Gasteiger partial charge in [-0.1, -0.05) is 6.07 Å². The van der Waals surface area contributed by atoms with Gasteiger partial charge in [-0.15, -0.1) is 0 Å². The average Bonchev–Trinajstić information content (AvgIpc) is 2.73. The zero-order valence-corrected chi connectivity index (χ0v) is 16.1. The van der Waals surface area contributed by atoms with Gasteiger partial charge in [-0.3, -0.25) is 9.59 Å². The van der Waals surface area contributed by atoms with Crippen LogP contribution in [-0.2, 0) is 12.8 Å². The van der Waals surface area contributed by atoms with Gasteiger partial charge in [0, 0.05) is 24.6 Å². The molecule has 1 aliphatic carbocycles. The normalized spacial score (nSPS) is 21.2. The van der Waals surface area contributed by atoms with Crippen LogP contribution in [0.2, 0.25) is 0 Å². The number of halogens is 1. The minimum atomic E-state index is -0.573. The number of aliphatic hydroxyl groups excluding tert-OH is 1. The Bertz CT molecular complexity index is 967. The van der Waals surface area contributed by atoms with E-state index in [-0.39, 0.29) is 23.3 Å². The van der Waals surface area contributed by atoms with E-state index >= 15 is 0 Å². The smallest absolute Gasteiger partial charge is 0.269 e. The number of H-pyrrole nitrogens is 1. The van der Waals surface area contributed by atoms with Gasteiger partial charge in [-0.25, -0.2) is 9.49 Å². The second-order valence-electron chi connectivity index (χ2n) is 7.85. The van der Waals surface area contributed by atoms with Crippen LogP contribution in [0.3, 0.4) is 0 Å². The fourth-order valence-electron chi connectivity index (χ4n) is 4.12. The lowest BCUT2D eigenvalue weighted by atomic mass is 9.93. The first-order valence-electron chi connectivity index (χ1n) is 10.1. The minimum Gasteiger partial charge on any atom is -0.393 e. The van der Waals surface area contributed by atoms with Crippen LogP contribution in [0.15, 0.2) is 23.0 Å². The Morgan fingerprint density at radius 2 is 2.07 bits per heavy atom. The SMILES string of the molecule is O=C(NC1CCC(O)CC1)c1cc(Cc2n[nH]c(=O)c3c2NCCC3)ccc1F. The van der Waals surface area contributed by atoms with Gasteiger partial charge in [0.2, 0.25) is 0 Å². The van der Waals surface area contributed by atoms with Gasteiger partial charge in [0.25, 0.3) is 11.5 Å². The van der Waals surface area contributed by atoms with Crippen LogP contribution in [0.1, 0.15) is 59.3 Å². The topological polar surface area (TPSA) is 107 Å². The first-order valence-corrected chi connectivity index (χ1v) is 10.1. The standard InChI is InChI=1S/C21H25FN4O3/c22-17-8-3-12(10-16(17)20(28)24-13-4-6-14(27)7-5-13)11-18-19-15(2-1-9-23-19)21(29)26-25-18/h3,8,10,13-14,23,27H,1-2,4-7,9,11H2,(H,24,28)(H,26,29). The molecule has 0 saturated heterocycles. The minimum absolute atomic E-state index is 0.000117. The molecule has 2 aromatic rings. The van der Waals surface area contributed by atoms with Crippen molar-refractivity contribution in [2.45, 2.75) is 57.1 Å². The molecule has 1 fully saturated rings. The maximum absolute atomic E-state index is 14.3. The fourth-order valence-corrected chi connectivity index (χ4v) is 4.12. The third-order valence-electron chi connectivity index (χ3n) is 5.74. The van der Waals surface area contributed by atoms with E-state index in [0.717, 1.165) is 24.2 Å². The number of aromatic nitrogens is 2. The molecule has 1 amide bonds. The number of hydrogen-bond acceptors (Lipinski definition) is 5. The summed E-state index contributed by atoms with van der Waals surface area (Å²) in [6.07, 6.45) is 4.31. The highest BCUT2D eigenvalue weighted by Gasteiger charge is 2.23. The summed E-state index contributed by atoms with van der Waals surface area (Å²) in [4.78, 5) is 24.6. The highest BCUT2D eigenvalue weighted by molar-refractivity contribution is 5.94. The molecule has 1 aromatic carbocycles. The van der Waals surface area contributed by atoms with Crippen LogP contribution in [0, 0.1) is 5.82 Å². The average molecular weight is 400 g/mol. The summed E-state index contributed by atoms with van der Waals surface area (Å²) in [6, 6.07) is 4.42. The lowest BCUT2D eigenvalue weighted by Gasteiger charge is -2.26. The number of carbonyl (C=O) groups is 1. The van der Waals surface area contributed by atoms with E-state index in [1.807, 2.05) is 0 Å². The monoisotopic (exact) mass is 400 g/mol. The molecule has 1 saturated carbocycles. The zero-order chi connectivity index (χ0) is 20.4. The van der Waals surface area contributed by atoms with Crippen LogP contribution in [0.5, 0.6) is 0 Å². The molecule has 2 heterocycles. The molecular weight excluding hydrogens is 375 g/mol. The quantitative estimate of drug-likeness (QED) is 0.627.